The highest BCUT2D eigenvalue weighted by atomic mass is 32.2. The van der Waals surface area contributed by atoms with Gasteiger partial charge in [-0.3, -0.25) is 9.48 Å². The fourth-order valence-corrected chi connectivity index (χ4v) is 4.97. The van der Waals surface area contributed by atoms with E-state index in [0.717, 1.165) is 5.56 Å². The van der Waals surface area contributed by atoms with Crippen LogP contribution in [0.3, 0.4) is 0 Å². The molecule has 4 aromatic rings. The highest BCUT2D eigenvalue weighted by Gasteiger charge is 2.27. The second kappa shape index (κ2) is 12.2. The van der Waals surface area contributed by atoms with E-state index in [9.17, 15) is 23.3 Å². The molecule has 0 saturated carbocycles. The SMILES string of the molecule is CC(C)CC(NC(=O)Cn1nc(-c2ccccc2OS(=O)(=O)c2ccccn2)cc1-c1ccccc1)B(O)O. The van der Waals surface area contributed by atoms with E-state index >= 15 is 0 Å². The van der Waals surface area contributed by atoms with Crippen LogP contribution in [0.4, 0.5) is 0 Å². The van der Waals surface area contributed by atoms with Crippen LogP contribution in [0, 0.1) is 5.92 Å². The van der Waals surface area contributed by atoms with Crippen molar-refractivity contribution in [3.63, 3.8) is 0 Å². The number of pyridine rings is 1. The minimum atomic E-state index is -4.21. The Morgan fingerprint density at radius 1 is 1.03 bits per heavy atom. The molecule has 4 rings (SSSR count). The summed E-state index contributed by atoms with van der Waals surface area (Å²) in [5.74, 6) is -1.11. The summed E-state index contributed by atoms with van der Waals surface area (Å²) in [6.45, 7) is 3.63. The van der Waals surface area contributed by atoms with Crippen molar-refractivity contribution in [2.75, 3.05) is 0 Å². The van der Waals surface area contributed by atoms with E-state index in [1.165, 1.54) is 23.0 Å². The van der Waals surface area contributed by atoms with Crippen molar-refractivity contribution >= 4 is 23.1 Å². The van der Waals surface area contributed by atoms with Gasteiger partial charge in [-0.05, 0) is 48.2 Å². The average molecular weight is 548 g/mol. The molecule has 12 heteroatoms. The summed E-state index contributed by atoms with van der Waals surface area (Å²) >= 11 is 0. The highest BCUT2D eigenvalue weighted by Crippen LogP contribution is 2.33. The van der Waals surface area contributed by atoms with Gasteiger partial charge >= 0.3 is 17.2 Å². The van der Waals surface area contributed by atoms with Gasteiger partial charge in [0.25, 0.3) is 0 Å². The van der Waals surface area contributed by atoms with Crippen molar-refractivity contribution in [2.45, 2.75) is 37.8 Å². The summed E-state index contributed by atoms with van der Waals surface area (Å²) in [7, 11) is -5.91. The number of amides is 1. The van der Waals surface area contributed by atoms with Crippen molar-refractivity contribution in [1.29, 1.82) is 0 Å². The van der Waals surface area contributed by atoms with Gasteiger partial charge in [-0.15, -0.1) is 0 Å². The van der Waals surface area contributed by atoms with Crippen molar-refractivity contribution in [3.05, 3.63) is 85.1 Å². The van der Waals surface area contributed by atoms with Crippen molar-refractivity contribution < 1.29 is 27.4 Å². The van der Waals surface area contributed by atoms with Crippen molar-refractivity contribution in [2.24, 2.45) is 5.92 Å². The minimum Gasteiger partial charge on any atom is -0.426 e. The summed E-state index contributed by atoms with van der Waals surface area (Å²) < 4.78 is 32.6. The molecule has 1 atom stereocenters. The first kappa shape index (κ1) is 28.0. The van der Waals surface area contributed by atoms with Gasteiger partial charge in [0.15, 0.2) is 10.8 Å². The summed E-state index contributed by atoms with van der Waals surface area (Å²) in [5.41, 5.74) is 2.17. The number of carbonyl (C=O) groups is 1. The highest BCUT2D eigenvalue weighted by molar-refractivity contribution is 7.87. The molecule has 202 valence electrons. The summed E-state index contributed by atoms with van der Waals surface area (Å²) in [6.07, 6.45) is 1.75. The zero-order valence-corrected chi connectivity index (χ0v) is 22.3. The van der Waals surface area contributed by atoms with Gasteiger partial charge in [-0.2, -0.15) is 13.5 Å². The molecule has 0 aliphatic carbocycles. The lowest BCUT2D eigenvalue weighted by Gasteiger charge is -2.20. The molecule has 39 heavy (non-hydrogen) atoms. The maximum absolute atomic E-state index is 12.9. The number of para-hydroxylation sites is 1. The van der Waals surface area contributed by atoms with Gasteiger partial charge in [-0.25, -0.2) is 4.98 Å². The van der Waals surface area contributed by atoms with E-state index in [1.807, 2.05) is 44.2 Å². The predicted octanol–water partition coefficient (Wildman–Crippen LogP) is 2.92. The van der Waals surface area contributed by atoms with Gasteiger partial charge in [0, 0.05) is 11.8 Å². The Balaban J connectivity index is 1.69. The lowest BCUT2D eigenvalue weighted by Crippen LogP contribution is -2.48. The maximum atomic E-state index is 12.9. The number of nitrogens with one attached hydrogen (secondary N) is 1. The predicted molar refractivity (Wildman–Crippen MR) is 147 cm³/mol. The Morgan fingerprint density at radius 3 is 2.38 bits per heavy atom. The molecule has 1 amide bonds. The zero-order chi connectivity index (χ0) is 28.0. The minimum absolute atomic E-state index is 0.0530. The van der Waals surface area contributed by atoms with E-state index in [2.05, 4.69) is 15.4 Å². The second-order valence-electron chi connectivity index (χ2n) is 9.36. The fraction of sp³-hybridized carbons (Fsp3) is 0.222. The third kappa shape index (κ3) is 7.11. The van der Waals surface area contributed by atoms with Crippen LogP contribution in [0.2, 0.25) is 0 Å². The molecule has 10 nitrogen and oxygen atoms in total. The summed E-state index contributed by atoms with van der Waals surface area (Å²) in [6, 6.07) is 22.1. The Labute approximate surface area is 227 Å². The molecule has 0 aliphatic heterocycles. The topological polar surface area (TPSA) is 144 Å². The van der Waals surface area contributed by atoms with Crippen LogP contribution in [0.25, 0.3) is 22.5 Å². The smallest absolute Gasteiger partial charge is 0.426 e. The van der Waals surface area contributed by atoms with E-state index in [1.54, 1.807) is 36.4 Å². The largest absolute Gasteiger partial charge is 0.475 e. The third-order valence-corrected chi connectivity index (χ3v) is 6.98. The summed E-state index contributed by atoms with van der Waals surface area (Å²) in [5, 5.41) is 26.5. The molecular formula is C27H29BN4O6S. The number of nitrogens with zero attached hydrogens (tertiary/aromatic N) is 3. The third-order valence-electron chi connectivity index (χ3n) is 5.83. The molecule has 0 fully saturated rings. The number of benzene rings is 2. The van der Waals surface area contributed by atoms with E-state index in [-0.39, 0.29) is 23.2 Å². The fourth-order valence-electron chi connectivity index (χ4n) is 4.07. The number of aromatic nitrogens is 3. The Kier molecular flexibility index (Phi) is 8.80. The summed E-state index contributed by atoms with van der Waals surface area (Å²) in [4.78, 5) is 16.8. The standard InChI is InChI=1S/C27H29BN4O6S/c1-19(2)16-25(28(34)35)30-26(33)18-32-23(20-10-4-3-5-11-20)17-22(31-32)21-12-6-7-13-24(21)38-39(36,37)27-14-8-9-15-29-27/h3-15,17,19,25,34-35H,16,18H2,1-2H3,(H,30,33). The van der Waals surface area contributed by atoms with E-state index in [0.29, 0.717) is 23.4 Å². The lowest BCUT2D eigenvalue weighted by atomic mass is 9.75. The number of carbonyl (C=O) groups excluding carboxylic acids is 1. The van der Waals surface area contributed by atoms with Gasteiger partial charge in [0.1, 0.15) is 6.54 Å². The van der Waals surface area contributed by atoms with Crippen LogP contribution >= 0.6 is 0 Å². The van der Waals surface area contributed by atoms with Gasteiger partial charge in [0.2, 0.25) is 5.91 Å². The van der Waals surface area contributed by atoms with Crippen LogP contribution in [-0.2, 0) is 21.5 Å². The molecule has 2 aromatic heterocycles. The van der Waals surface area contributed by atoms with Crippen LogP contribution < -0.4 is 9.50 Å². The average Bonchev–Trinajstić information content (AvgIpc) is 3.32. The lowest BCUT2D eigenvalue weighted by molar-refractivity contribution is -0.122. The van der Waals surface area contributed by atoms with Gasteiger partial charge < -0.3 is 19.5 Å². The first-order chi connectivity index (χ1) is 18.6. The molecule has 0 radical (unpaired) electrons. The second-order valence-corrected chi connectivity index (χ2v) is 10.9. The first-order valence-electron chi connectivity index (χ1n) is 12.4. The molecule has 2 heterocycles. The van der Waals surface area contributed by atoms with Crippen LogP contribution in [0.1, 0.15) is 20.3 Å². The first-order valence-corrected chi connectivity index (χ1v) is 13.8. The molecule has 2 aromatic carbocycles. The van der Waals surface area contributed by atoms with Crippen LogP contribution in [-0.4, -0.2) is 52.2 Å². The van der Waals surface area contributed by atoms with Gasteiger partial charge in [0.05, 0.1) is 17.3 Å². The van der Waals surface area contributed by atoms with Crippen LogP contribution in [0.15, 0.2) is 90.1 Å². The molecule has 0 bridgehead atoms. The number of hydrogen-bond donors (Lipinski definition) is 3. The Bertz CT molecular complexity index is 1510. The molecular weight excluding hydrogens is 519 g/mol. The molecule has 0 spiro atoms. The quantitative estimate of drug-likeness (QED) is 0.192. The van der Waals surface area contributed by atoms with Gasteiger partial charge in [-0.1, -0.05) is 62.4 Å². The number of rotatable bonds is 11. The molecule has 1 unspecified atom stereocenters. The normalized spacial score (nSPS) is 12.2. The maximum Gasteiger partial charge on any atom is 0.475 e. The van der Waals surface area contributed by atoms with E-state index < -0.39 is 29.1 Å². The molecule has 0 aliphatic rings. The molecule has 3 N–H and O–H groups in total. The zero-order valence-electron chi connectivity index (χ0n) is 21.5. The monoisotopic (exact) mass is 548 g/mol. The van der Waals surface area contributed by atoms with Crippen molar-refractivity contribution in [3.8, 4) is 28.3 Å². The van der Waals surface area contributed by atoms with Crippen molar-refractivity contribution in [1.82, 2.24) is 20.1 Å². The Hall–Kier alpha value is -4.00. The molecule has 0 saturated heterocycles. The number of hydrogen-bond acceptors (Lipinski definition) is 8. The van der Waals surface area contributed by atoms with Crippen LogP contribution in [0.5, 0.6) is 5.75 Å². The Morgan fingerprint density at radius 2 is 1.72 bits per heavy atom. The van der Waals surface area contributed by atoms with E-state index in [4.69, 9.17) is 4.18 Å².